The average Bonchev–Trinajstić information content (AvgIpc) is 2.74. The van der Waals surface area contributed by atoms with Crippen molar-refractivity contribution in [2.24, 2.45) is 0 Å². The highest BCUT2D eigenvalue weighted by Gasteiger charge is 2.30. The van der Waals surface area contributed by atoms with Crippen molar-refractivity contribution in [1.29, 1.82) is 0 Å². The van der Waals surface area contributed by atoms with Crippen molar-refractivity contribution >= 4 is 14.1 Å². The third-order valence-corrected chi connectivity index (χ3v) is 4.15. The van der Waals surface area contributed by atoms with Crippen molar-refractivity contribution in [2.75, 3.05) is 7.11 Å². The van der Waals surface area contributed by atoms with Crippen LogP contribution in [0.2, 0.25) is 19.6 Å². The number of carbonyl (C=O) groups excluding carboxylic acids is 1. The first-order chi connectivity index (χ1) is 8.90. The molecular formula is C15H22O3Si. The molecule has 1 aliphatic carbocycles. The Morgan fingerprint density at radius 3 is 2.53 bits per heavy atom. The maximum atomic E-state index is 12.0. The summed E-state index contributed by atoms with van der Waals surface area (Å²) in [5.41, 5.74) is 1.00. The smallest absolute Gasteiger partial charge is 0.242 e. The second kappa shape index (κ2) is 5.37. The molecule has 0 amide bonds. The van der Waals surface area contributed by atoms with E-state index in [1.165, 1.54) is 0 Å². The lowest BCUT2D eigenvalue weighted by atomic mass is 9.95. The van der Waals surface area contributed by atoms with Crippen molar-refractivity contribution in [3.8, 4) is 11.5 Å². The third-order valence-electron chi connectivity index (χ3n) is 3.31. The van der Waals surface area contributed by atoms with Crippen molar-refractivity contribution in [1.82, 2.24) is 0 Å². The minimum Gasteiger partial charge on any atom is -0.544 e. The van der Waals surface area contributed by atoms with E-state index in [4.69, 9.17) is 9.16 Å². The largest absolute Gasteiger partial charge is 0.544 e. The van der Waals surface area contributed by atoms with Gasteiger partial charge in [-0.25, -0.2) is 0 Å². The molecule has 1 aliphatic rings. The molecule has 0 N–H and O–H groups in total. The van der Waals surface area contributed by atoms with E-state index in [0.717, 1.165) is 29.9 Å². The third kappa shape index (κ3) is 3.38. The quantitative estimate of drug-likeness (QED) is 0.787. The Morgan fingerprint density at radius 1 is 1.26 bits per heavy atom. The van der Waals surface area contributed by atoms with Gasteiger partial charge in [0.1, 0.15) is 17.3 Å². The number of ketones is 1. The molecular weight excluding hydrogens is 256 g/mol. The van der Waals surface area contributed by atoms with E-state index in [1.807, 2.05) is 18.2 Å². The van der Waals surface area contributed by atoms with Gasteiger partial charge in [-0.15, -0.1) is 0 Å². The van der Waals surface area contributed by atoms with E-state index in [9.17, 15) is 4.79 Å². The molecule has 0 heterocycles. The fourth-order valence-corrected chi connectivity index (χ4v) is 3.34. The lowest BCUT2D eigenvalue weighted by Crippen LogP contribution is -2.30. The number of benzene rings is 1. The number of hydrogen-bond acceptors (Lipinski definition) is 3. The lowest BCUT2D eigenvalue weighted by Gasteiger charge is -2.24. The van der Waals surface area contributed by atoms with E-state index in [1.54, 1.807) is 7.11 Å². The van der Waals surface area contributed by atoms with Crippen LogP contribution in [0.25, 0.3) is 0 Å². The van der Waals surface area contributed by atoms with E-state index in [0.29, 0.717) is 12.2 Å². The molecule has 1 aromatic carbocycles. The Balaban J connectivity index is 2.39. The molecule has 0 saturated heterocycles. The fourth-order valence-electron chi connectivity index (χ4n) is 2.49. The summed E-state index contributed by atoms with van der Waals surface area (Å²) >= 11 is 0. The van der Waals surface area contributed by atoms with Gasteiger partial charge in [0.15, 0.2) is 0 Å². The van der Waals surface area contributed by atoms with E-state index >= 15 is 0 Å². The zero-order chi connectivity index (χ0) is 14.0. The van der Waals surface area contributed by atoms with Gasteiger partial charge in [0.05, 0.1) is 7.11 Å². The highest BCUT2D eigenvalue weighted by Crippen LogP contribution is 2.39. The van der Waals surface area contributed by atoms with Crippen molar-refractivity contribution in [3.63, 3.8) is 0 Å². The van der Waals surface area contributed by atoms with Crippen molar-refractivity contribution in [3.05, 3.63) is 23.8 Å². The minimum absolute atomic E-state index is 0.0125. The van der Waals surface area contributed by atoms with E-state index < -0.39 is 8.32 Å². The van der Waals surface area contributed by atoms with Crippen LogP contribution < -0.4 is 9.16 Å². The Labute approximate surface area is 116 Å². The first-order valence-electron chi connectivity index (χ1n) is 6.80. The van der Waals surface area contributed by atoms with Crippen molar-refractivity contribution in [2.45, 2.75) is 44.8 Å². The number of carbonyl (C=O) groups is 1. The van der Waals surface area contributed by atoms with Gasteiger partial charge in [-0.2, -0.15) is 0 Å². The maximum Gasteiger partial charge on any atom is 0.242 e. The van der Waals surface area contributed by atoms with Crippen LogP contribution in [0.1, 0.15) is 30.7 Å². The van der Waals surface area contributed by atoms with Crippen LogP contribution in [0.15, 0.2) is 18.2 Å². The van der Waals surface area contributed by atoms with E-state index in [2.05, 4.69) is 19.6 Å². The van der Waals surface area contributed by atoms with Crippen LogP contribution in [0.3, 0.4) is 0 Å². The molecule has 3 nitrogen and oxygen atoms in total. The van der Waals surface area contributed by atoms with Gasteiger partial charge in [-0.1, -0.05) is 0 Å². The van der Waals surface area contributed by atoms with Crippen LogP contribution >= 0.6 is 0 Å². The molecule has 1 aromatic rings. The molecule has 2 rings (SSSR count). The summed E-state index contributed by atoms with van der Waals surface area (Å²) in [7, 11) is -0.0347. The minimum atomic E-state index is -1.68. The molecule has 0 aromatic heterocycles. The average molecular weight is 278 g/mol. The Kier molecular flexibility index (Phi) is 3.99. The van der Waals surface area contributed by atoms with Gasteiger partial charge in [-0.3, -0.25) is 4.79 Å². The molecule has 0 bridgehead atoms. The maximum absolute atomic E-state index is 12.0. The summed E-state index contributed by atoms with van der Waals surface area (Å²) in [6.07, 6.45) is 2.59. The van der Waals surface area contributed by atoms with Crippen LogP contribution in [0.5, 0.6) is 11.5 Å². The Morgan fingerprint density at radius 2 is 2.00 bits per heavy atom. The predicted octanol–water partition coefficient (Wildman–Crippen LogP) is 3.75. The van der Waals surface area contributed by atoms with Crippen LogP contribution in [-0.4, -0.2) is 21.2 Å². The number of rotatable bonds is 4. The monoisotopic (exact) mass is 278 g/mol. The standard InChI is InChI=1S/C15H22O3Si/c1-17-11-8-9-15(18-19(2,3)4)13(10-11)12-6-5-7-14(12)16/h8-10,12H,5-7H2,1-4H3. The molecule has 0 radical (unpaired) electrons. The zero-order valence-electron chi connectivity index (χ0n) is 12.2. The summed E-state index contributed by atoms with van der Waals surface area (Å²) in [6.45, 7) is 6.45. The molecule has 19 heavy (non-hydrogen) atoms. The first-order valence-corrected chi connectivity index (χ1v) is 10.2. The highest BCUT2D eigenvalue weighted by molar-refractivity contribution is 6.70. The van der Waals surface area contributed by atoms with Gasteiger partial charge in [0.2, 0.25) is 8.32 Å². The number of Topliss-reactive ketones (excluding diaryl/α,β-unsaturated/α-hetero) is 1. The molecule has 1 atom stereocenters. The number of ether oxygens (including phenoxy) is 1. The van der Waals surface area contributed by atoms with Gasteiger partial charge >= 0.3 is 0 Å². The summed E-state index contributed by atoms with van der Waals surface area (Å²) in [5.74, 6) is 1.97. The Bertz CT molecular complexity index is 477. The first kappa shape index (κ1) is 14.1. The molecule has 1 saturated carbocycles. The normalized spacial score (nSPS) is 19.6. The second-order valence-corrected chi connectivity index (χ2v) is 10.5. The van der Waals surface area contributed by atoms with Gasteiger partial charge in [0, 0.05) is 17.9 Å². The van der Waals surface area contributed by atoms with Crippen molar-refractivity contribution < 1.29 is 14.0 Å². The SMILES string of the molecule is COc1ccc(O[Si](C)(C)C)c(C2CCCC2=O)c1. The summed E-state index contributed by atoms with van der Waals surface area (Å²) < 4.78 is 11.4. The zero-order valence-corrected chi connectivity index (χ0v) is 13.2. The van der Waals surface area contributed by atoms with Gasteiger partial charge in [0.25, 0.3) is 0 Å². The highest BCUT2D eigenvalue weighted by atomic mass is 28.4. The number of hydrogen-bond donors (Lipinski definition) is 0. The van der Waals surface area contributed by atoms with Gasteiger partial charge < -0.3 is 9.16 Å². The molecule has 1 fully saturated rings. The molecule has 4 heteroatoms. The van der Waals surface area contributed by atoms with Crippen LogP contribution in [-0.2, 0) is 4.79 Å². The predicted molar refractivity (Wildman–Crippen MR) is 78.6 cm³/mol. The molecule has 0 aliphatic heterocycles. The molecule has 0 spiro atoms. The fraction of sp³-hybridized carbons (Fsp3) is 0.533. The summed E-state index contributed by atoms with van der Waals surface area (Å²) in [4.78, 5) is 12.0. The number of methoxy groups -OCH3 is 1. The second-order valence-electron chi connectivity index (χ2n) is 6.03. The Hall–Kier alpha value is -1.29. The van der Waals surface area contributed by atoms with Crippen LogP contribution in [0, 0.1) is 0 Å². The topological polar surface area (TPSA) is 35.5 Å². The summed E-state index contributed by atoms with van der Waals surface area (Å²) in [5, 5.41) is 0. The van der Waals surface area contributed by atoms with Crippen LogP contribution in [0.4, 0.5) is 0 Å². The van der Waals surface area contributed by atoms with Gasteiger partial charge in [-0.05, 0) is 50.7 Å². The lowest BCUT2D eigenvalue weighted by molar-refractivity contribution is -0.118. The summed E-state index contributed by atoms with van der Waals surface area (Å²) in [6, 6.07) is 5.81. The molecule has 1 unspecified atom stereocenters. The van der Waals surface area contributed by atoms with E-state index in [-0.39, 0.29) is 5.92 Å². The molecule has 104 valence electrons.